The predicted molar refractivity (Wildman–Crippen MR) is 96.4 cm³/mol. The van der Waals surface area contributed by atoms with E-state index in [1.807, 2.05) is 54.6 Å². The van der Waals surface area contributed by atoms with Crippen molar-refractivity contribution in [2.75, 3.05) is 11.9 Å². The van der Waals surface area contributed by atoms with Gasteiger partial charge in [0.2, 0.25) is 0 Å². The van der Waals surface area contributed by atoms with E-state index in [0.29, 0.717) is 18.0 Å². The van der Waals surface area contributed by atoms with Crippen LogP contribution in [-0.4, -0.2) is 18.5 Å². The van der Waals surface area contributed by atoms with Crippen LogP contribution in [0.2, 0.25) is 0 Å². The van der Waals surface area contributed by atoms with Crippen LogP contribution in [0.4, 0.5) is 11.4 Å². The van der Waals surface area contributed by atoms with Gasteiger partial charge in [0.15, 0.2) is 0 Å². The van der Waals surface area contributed by atoms with Crippen LogP contribution in [0, 0.1) is 5.92 Å². The molecule has 0 aromatic heterocycles. The third-order valence-electron chi connectivity index (χ3n) is 3.91. The first-order valence-electron chi connectivity index (χ1n) is 7.68. The van der Waals surface area contributed by atoms with E-state index < -0.39 is 0 Å². The van der Waals surface area contributed by atoms with Crippen LogP contribution >= 0.6 is 12.4 Å². The topological polar surface area (TPSA) is 67.1 Å². The molecule has 23 heavy (non-hydrogen) atoms. The molecule has 1 aliphatic rings. The van der Waals surface area contributed by atoms with Crippen molar-refractivity contribution in [2.45, 2.75) is 18.9 Å². The molecule has 1 fully saturated rings. The summed E-state index contributed by atoms with van der Waals surface area (Å²) in [6.07, 6.45) is 2.38. The number of nitrogens with one attached hydrogen (secondary N) is 2. The number of hydrogen-bond donors (Lipinski definition) is 3. The molecule has 5 heteroatoms. The Morgan fingerprint density at radius 1 is 1.09 bits per heavy atom. The first-order chi connectivity index (χ1) is 10.7. The smallest absolute Gasteiger partial charge is 0.251 e. The Morgan fingerprint density at radius 3 is 2.48 bits per heavy atom. The molecule has 1 saturated carbocycles. The van der Waals surface area contributed by atoms with Crippen molar-refractivity contribution >= 4 is 29.7 Å². The highest BCUT2D eigenvalue weighted by Crippen LogP contribution is 2.31. The number of benzene rings is 2. The van der Waals surface area contributed by atoms with Crippen molar-refractivity contribution in [3.05, 3.63) is 60.2 Å². The normalized spacial score (nSPS) is 14.5. The number of hydrogen-bond acceptors (Lipinski definition) is 3. The van der Waals surface area contributed by atoms with E-state index in [1.165, 1.54) is 12.8 Å². The largest absolute Gasteiger partial charge is 0.356 e. The van der Waals surface area contributed by atoms with Crippen LogP contribution in [0.1, 0.15) is 23.2 Å². The van der Waals surface area contributed by atoms with Gasteiger partial charge in [0.1, 0.15) is 0 Å². The van der Waals surface area contributed by atoms with Crippen molar-refractivity contribution in [1.82, 2.24) is 5.32 Å². The lowest BCUT2D eigenvalue weighted by Gasteiger charge is -2.12. The second kappa shape index (κ2) is 7.99. The maximum absolute atomic E-state index is 12.2. The summed E-state index contributed by atoms with van der Waals surface area (Å²) in [5.74, 6) is 0.513. The Labute approximate surface area is 142 Å². The lowest BCUT2D eigenvalue weighted by Crippen LogP contribution is -2.38. The molecule has 2 aromatic rings. The van der Waals surface area contributed by atoms with E-state index in [-0.39, 0.29) is 24.4 Å². The van der Waals surface area contributed by atoms with Gasteiger partial charge in [-0.3, -0.25) is 4.79 Å². The van der Waals surface area contributed by atoms with Gasteiger partial charge in [-0.05, 0) is 49.1 Å². The Kier molecular flexibility index (Phi) is 6.02. The molecule has 0 spiro atoms. The molecule has 3 rings (SSSR count). The summed E-state index contributed by atoms with van der Waals surface area (Å²) < 4.78 is 0. The fourth-order valence-corrected chi connectivity index (χ4v) is 2.43. The first kappa shape index (κ1) is 17.3. The number of halogens is 1. The highest BCUT2D eigenvalue weighted by molar-refractivity contribution is 5.95. The van der Waals surface area contributed by atoms with Gasteiger partial charge in [0.05, 0.1) is 0 Å². The molecule has 0 heterocycles. The Morgan fingerprint density at radius 2 is 1.78 bits per heavy atom. The second-order valence-corrected chi connectivity index (χ2v) is 5.78. The molecular weight excluding hydrogens is 310 g/mol. The van der Waals surface area contributed by atoms with Gasteiger partial charge in [-0.15, -0.1) is 12.4 Å². The summed E-state index contributed by atoms with van der Waals surface area (Å²) in [4.78, 5) is 12.2. The van der Waals surface area contributed by atoms with Gasteiger partial charge in [0, 0.05) is 29.5 Å². The maximum atomic E-state index is 12.2. The van der Waals surface area contributed by atoms with E-state index in [4.69, 9.17) is 5.73 Å². The molecule has 4 nitrogen and oxygen atoms in total. The zero-order chi connectivity index (χ0) is 15.4. The van der Waals surface area contributed by atoms with E-state index in [1.54, 1.807) is 0 Å². The molecule has 0 bridgehead atoms. The number of para-hydroxylation sites is 1. The number of carbonyl (C=O) groups is 1. The lowest BCUT2D eigenvalue weighted by molar-refractivity contribution is 0.0950. The number of rotatable bonds is 6. The molecular formula is C18H22ClN3O. The summed E-state index contributed by atoms with van der Waals surface area (Å²) >= 11 is 0. The quantitative estimate of drug-likeness (QED) is 0.760. The van der Waals surface area contributed by atoms with Gasteiger partial charge in [-0.2, -0.15) is 0 Å². The van der Waals surface area contributed by atoms with Gasteiger partial charge < -0.3 is 16.4 Å². The lowest BCUT2D eigenvalue weighted by atomic mass is 10.1. The van der Waals surface area contributed by atoms with E-state index >= 15 is 0 Å². The molecule has 122 valence electrons. The summed E-state index contributed by atoms with van der Waals surface area (Å²) in [5, 5.41) is 6.21. The highest BCUT2D eigenvalue weighted by atomic mass is 35.5. The number of anilines is 2. The Hall–Kier alpha value is -2.04. The number of nitrogens with two attached hydrogens (primary N) is 1. The number of carbonyl (C=O) groups excluding carboxylic acids is 1. The third-order valence-corrected chi connectivity index (χ3v) is 3.91. The fourth-order valence-electron chi connectivity index (χ4n) is 2.43. The van der Waals surface area contributed by atoms with E-state index in [2.05, 4.69) is 10.6 Å². The van der Waals surface area contributed by atoms with Crippen molar-refractivity contribution in [3.63, 3.8) is 0 Å². The SMILES string of the molecule is Cl.NC(CNC(=O)c1cccc(Nc2ccccc2)c1)C1CC1. The molecule has 1 unspecified atom stereocenters. The zero-order valence-electron chi connectivity index (χ0n) is 12.9. The summed E-state index contributed by atoms with van der Waals surface area (Å²) in [6, 6.07) is 17.5. The van der Waals surface area contributed by atoms with Crippen LogP contribution in [0.3, 0.4) is 0 Å². The van der Waals surface area contributed by atoms with Gasteiger partial charge >= 0.3 is 0 Å². The molecule has 1 atom stereocenters. The minimum absolute atomic E-state index is 0. The summed E-state index contributed by atoms with van der Waals surface area (Å²) in [7, 11) is 0. The summed E-state index contributed by atoms with van der Waals surface area (Å²) in [6.45, 7) is 0.542. The maximum Gasteiger partial charge on any atom is 0.251 e. The molecule has 4 N–H and O–H groups in total. The van der Waals surface area contributed by atoms with E-state index in [9.17, 15) is 4.79 Å². The van der Waals surface area contributed by atoms with Crippen molar-refractivity contribution < 1.29 is 4.79 Å². The average molecular weight is 332 g/mol. The van der Waals surface area contributed by atoms with Crippen LogP contribution in [0.25, 0.3) is 0 Å². The minimum atomic E-state index is -0.0761. The summed E-state index contributed by atoms with van der Waals surface area (Å²) in [5.41, 5.74) is 8.54. The number of amides is 1. The van der Waals surface area contributed by atoms with Crippen molar-refractivity contribution in [1.29, 1.82) is 0 Å². The third kappa shape index (κ3) is 4.98. The predicted octanol–water partition coefficient (Wildman–Crippen LogP) is 3.32. The van der Waals surface area contributed by atoms with Crippen LogP contribution in [-0.2, 0) is 0 Å². The van der Waals surface area contributed by atoms with Crippen molar-refractivity contribution in [2.24, 2.45) is 11.7 Å². The minimum Gasteiger partial charge on any atom is -0.356 e. The van der Waals surface area contributed by atoms with Crippen LogP contribution in [0.15, 0.2) is 54.6 Å². The molecule has 0 aliphatic heterocycles. The van der Waals surface area contributed by atoms with Gasteiger partial charge in [-0.1, -0.05) is 24.3 Å². The Balaban J connectivity index is 0.00000192. The van der Waals surface area contributed by atoms with Gasteiger partial charge in [-0.25, -0.2) is 0 Å². The molecule has 1 aliphatic carbocycles. The van der Waals surface area contributed by atoms with Crippen LogP contribution < -0.4 is 16.4 Å². The Bertz CT molecular complexity index is 644. The second-order valence-electron chi connectivity index (χ2n) is 5.78. The standard InChI is InChI=1S/C18H21N3O.ClH/c19-17(13-9-10-13)12-20-18(22)14-5-4-8-16(11-14)21-15-6-2-1-3-7-15;/h1-8,11,13,17,21H,9-10,12,19H2,(H,20,22);1H. The molecule has 0 saturated heterocycles. The van der Waals surface area contributed by atoms with E-state index in [0.717, 1.165) is 11.4 Å². The van der Waals surface area contributed by atoms with Gasteiger partial charge in [0.25, 0.3) is 5.91 Å². The fraction of sp³-hybridized carbons (Fsp3) is 0.278. The monoisotopic (exact) mass is 331 g/mol. The molecule has 2 aromatic carbocycles. The average Bonchev–Trinajstić information content (AvgIpc) is 3.38. The van der Waals surface area contributed by atoms with Crippen molar-refractivity contribution in [3.8, 4) is 0 Å². The first-order valence-corrected chi connectivity index (χ1v) is 7.68. The molecule has 1 amide bonds. The van der Waals surface area contributed by atoms with Crippen LogP contribution in [0.5, 0.6) is 0 Å². The molecule has 0 radical (unpaired) electrons. The zero-order valence-corrected chi connectivity index (χ0v) is 13.7. The highest BCUT2D eigenvalue weighted by Gasteiger charge is 2.28.